The molecule has 2 heterocycles. The number of methoxy groups -OCH3 is 1. The number of para-hydroxylation sites is 1. The zero-order chi connectivity index (χ0) is 20.7. The molecule has 0 amide bonds. The Labute approximate surface area is 174 Å². The van der Waals surface area contributed by atoms with E-state index in [-0.39, 0.29) is 5.56 Å². The molecule has 5 nitrogen and oxygen atoms in total. The van der Waals surface area contributed by atoms with Crippen molar-refractivity contribution in [3.8, 4) is 28.4 Å². The topological polar surface area (TPSA) is 41.1 Å². The van der Waals surface area contributed by atoms with Crippen molar-refractivity contribution >= 4 is 10.9 Å². The van der Waals surface area contributed by atoms with Crippen molar-refractivity contribution in [2.45, 2.75) is 0 Å². The van der Waals surface area contributed by atoms with Crippen LogP contribution in [0.1, 0.15) is 0 Å². The number of benzene rings is 3. The van der Waals surface area contributed by atoms with Gasteiger partial charge in [-0.1, -0.05) is 48.5 Å². The van der Waals surface area contributed by atoms with Crippen molar-refractivity contribution in [3.63, 3.8) is 0 Å². The fourth-order valence-corrected chi connectivity index (χ4v) is 3.98. The van der Waals surface area contributed by atoms with Gasteiger partial charge >= 0.3 is 0 Å². The second-order valence-electron chi connectivity index (χ2n) is 7.15. The summed E-state index contributed by atoms with van der Waals surface area (Å²) in [5.74, 6) is 0.795. The molecular formula is C25H21N3O2. The van der Waals surface area contributed by atoms with Crippen molar-refractivity contribution in [1.82, 2.24) is 13.9 Å². The minimum atomic E-state index is -0.0372. The molecule has 0 aliphatic heterocycles. The van der Waals surface area contributed by atoms with Crippen molar-refractivity contribution in [1.29, 1.82) is 0 Å². The number of nitrogens with zero attached hydrogens (tertiary/aromatic N) is 3. The summed E-state index contributed by atoms with van der Waals surface area (Å²) < 4.78 is 11.0. The predicted octanol–water partition coefficient (Wildman–Crippen LogP) is 4.80. The number of hydrogen-bond acceptors (Lipinski definition) is 2. The van der Waals surface area contributed by atoms with E-state index in [2.05, 4.69) is 4.57 Å². The molecule has 0 bridgehead atoms. The summed E-state index contributed by atoms with van der Waals surface area (Å²) in [4.78, 5) is 13.6. The van der Waals surface area contributed by atoms with Crippen molar-refractivity contribution in [2.24, 2.45) is 7.05 Å². The van der Waals surface area contributed by atoms with E-state index in [0.717, 1.165) is 33.9 Å². The molecule has 0 saturated carbocycles. The van der Waals surface area contributed by atoms with Crippen LogP contribution < -0.4 is 10.3 Å². The molecule has 0 radical (unpaired) electrons. The molecule has 0 fully saturated rings. The van der Waals surface area contributed by atoms with Gasteiger partial charge in [0.1, 0.15) is 5.75 Å². The highest BCUT2D eigenvalue weighted by Gasteiger charge is 2.22. The van der Waals surface area contributed by atoms with Gasteiger partial charge in [-0.3, -0.25) is 9.48 Å². The maximum absolute atomic E-state index is 13.6. The lowest BCUT2D eigenvalue weighted by Gasteiger charge is -2.12. The van der Waals surface area contributed by atoms with Crippen molar-refractivity contribution in [2.75, 3.05) is 7.11 Å². The molecule has 5 aromatic rings. The largest absolute Gasteiger partial charge is 0.497 e. The molecular weight excluding hydrogens is 374 g/mol. The fourth-order valence-electron chi connectivity index (χ4n) is 3.98. The van der Waals surface area contributed by atoms with Crippen LogP contribution in [-0.4, -0.2) is 21.0 Å². The van der Waals surface area contributed by atoms with Gasteiger partial charge in [-0.05, 0) is 42.0 Å². The van der Waals surface area contributed by atoms with Crippen LogP contribution in [0.15, 0.2) is 95.9 Å². The maximum Gasteiger partial charge on any atom is 0.281 e. The Morgan fingerprint density at radius 3 is 2.03 bits per heavy atom. The Bertz CT molecular complexity index is 1380. The van der Waals surface area contributed by atoms with Crippen LogP contribution in [0, 0.1) is 0 Å². The molecule has 5 rings (SSSR count). The van der Waals surface area contributed by atoms with Crippen LogP contribution in [0.2, 0.25) is 0 Å². The van der Waals surface area contributed by atoms with Gasteiger partial charge in [-0.2, -0.15) is 0 Å². The van der Waals surface area contributed by atoms with Crippen molar-refractivity contribution in [3.05, 3.63) is 101 Å². The standard InChI is InChI=1S/C25H21N3O2/c1-26-22-17-27(19-13-15-21(30-2)16-14-19)24(18-9-5-3-6-10-18)23(22)25(29)28(26)20-11-7-4-8-12-20/h3-17H,1-2H3. The van der Waals surface area contributed by atoms with E-state index in [4.69, 9.17) is 4.74 Å². The van der Waals surface area contributed by atoms with E-state index < -0.39 is 0 Å². The van der Waals surface area contributed by atoms with Crippen LogP contribution >= 0.6 is 0 Å². The average Bonchev–Trinajstić information content (AvgIpc) is 3.31. The highest BCUT2D eigenvalue weighted by atomic mass is 16.5. The molecule has 5 heteroatoms. The molecule has 0 spiro atoms. The summed E-state index contributed by atoms with van der Waals surface area (Å²) in [6.07, 6.45) is 2.03. The zero-order valence-corrected chi connectivity index (χ0v) is 16.8. The summed E-state index contributed by atoms with van der Waals surface area (Å²) in [5, 5.41) is 0.698. The van der Waals surface area contributed by atoms with Crippen LogP contribution in [0.5, 0.6) is 5.75 Å². The Morgan fingerprint density at radius 2 is 1.40 bits per heavy atom. The molecule has 0 N–H and O–H groups in total. The van der Waals surface area contributed by atoms with E-state index >= 15 is 0 Å². The monoisotopic (exact) mass is 395 g/mol. The number of aromatic nitrogens is 3. The molecule has 0 saturated heterocycles. The van der Waals surface area contributed by atoms with Gasteiger partial charge in [0.25, 0.3) is 5.56 Å². The number of ether oxygens (including phenoxy) is 1. The van der Waals surface area contributed by atoms with E-state index in [1.807, 2.05) is 103 Å². The third-order valence-electron chi connectivity index (χ3n) is 5.44. The zero-order valence-electron chi connectivity index (χ0n) is 16.8. The van der Waals surface area contributed by atoms with Crippen LogP contribution in [-0.2, 0) is 7.05 Å². The first-order valence-corrected chi connectivity index (χ1v) is 9.77. The number of fused-ring (bicyclic) bond motifs is 1. The predicted molar refractivity (Wildman–Crippen MR) is 120 cm³/mol. The Kier molecular flexibility index (Phi) is 4.29. The van der Waals surface area contributed by atoms with Gasteiger partial charge < -0.3 is 9.30 Å². The summed E-state index contributed by atoms with van der Waals surface area (Å²) >= 11 is 0. The molecule has 0 aliphatic carbocycles. The van der Waals surface area contributed by atoms with E-state index in [9.17, 15) is 4.79 Å². The molecule has 0 unspecified atom stereocenters. The first-order chi connectivity index (χ1) is 14.7. The van der Waals surface area contributed by atoms with Crippen molar-refractivity contribution < 1.29 is 4.74 Å². The van der Waals surface area contributed by atoms with Gasteiger partial charge in [0.2, 0.25) is 0 Å². The van der Waals surface area contributed by atoms with Gasteiger partial charge in [0.05, 0.1) is 29.4 Å². The van der Waals surface area contributed by atoms with Crippen LogP contribution in [0.3, 0.4) is 0 Å². The second kappa shape index (κ2) is 7.12. The fraction of sp³-hybridized carbons (Fsp3) is 0.0800. The maximum atomic E-state index is 13.6. The minimum absolute atomic E-state index is 0.0372. The quantitative estimate of drug-likeness (QED) is 0.439. The first-order valence-electron chi connectivity index (χ1n) is 9.77. The summed E-state index contributed by atoms with van der Waals surface area (Å²) in [7, 11) is 3.57. The lowest BCUT2D eigenvalue weighted by Crippen LogP contribution is -2.20. The van der Waals surface area contributed by atoms with Crippen LogP contribution in [0.25, 0.3) is 33.5 Å². The SMILES string of the molecule is COc1ccc(-n2cc3c(c2-c2ccccc2)c(=O)n(-c2ccccc2)n3C)cc1. The first kappa shape index (κ1) is 18.1. The number of aryl methyl sites for hydroxylation is 1. The smallest absolute Gasteiger partial charge is 0.281 e. The van der Waals surface area contributed by atoms with E-state index in [0.29, 0.717) is 5.39 Å². The number of hydrogen-bond donors (Lipinski definition) is 0. The lowest BCUT2D eigenvalue weighted by atomic mass is 10.1. The van der Waals surface area contributed by atoms with E-state index in [1.54, 1.807) is 11.8 Å². The van der Waals surface area contributed by atoms with E-state index in [1.165, 1.54) is 0 Å². The molecule has 0 aliphatic rings. The van der Waals surface area contributed by atoms with Gasteiger partial charge in [0.15, 0.2) is 0 Å². The summed E-state index contributed by atoms with van der Waals surface area (Å²) in [6.45, 7) is 0. The Balaban J connectivity index is 1.84. The molecule has 0 atom stereocenters. The molecule has 148 valence electrons. The highest BCUT2D eigenvalue weighted by Crippen LogP contribution is 2.32. The molecule has 3 aromatic carbocycles. The van der Waals surface area contributed by atoms with Gasteiger partial charge in [0, 0.05) is 18.9 Å². The summed E-state index contributed by atoms with van der Waals surface area (Å²) in [6, 6.07) is 27.6. The average molecular weight is 395 g/mol. The Morgan fingerprint density at radius 1 is 0.767 bits per heavy atom. The molecule has 30 heavy (non-hydrogen) atoms. The molecule has 2 aromatic heterocycles. The minimum Gasteiger partial charge on any atom is -0.497 e. The second-order valence-corrected chi connectivity index (χ2v) is 7.15. The normalized spacial score (nSPS) is 11.1. The van der Waals surface area contributed by atoms with Gasteiger partial charge in [-0.25, -0.2) is 4.68 Å². The lowest BCUT2D eigenvalue weighted by molar-refractivity contribution is 0.415. The van der Waals surface area contributed by atoms with Gasteiger partial charge in [-0.15, -0.1) is 0 Å². The highest BCUT2D eigenvalue weighted by molar-refractivity contribution is 5.95. The third kappa shape index (κ3) is 2.75. The number of rotatable bonds is 4. The third-order valence-corrected chi connectivity index (χ3v) is 5.44. The van der Waals surface area contributed by atoms with Crippen LogP contribution in [0.4, 0.5) is 0 Å². The Hall–Kier alpha value is -3.99. The summed E-state index contributed by atoms with van der Waals surface area (Å²) in [5.41, 5.74) is 4.52.